The lowest BCUT2D eigenvalue weighted by Crippen LogP contribution is -2.24. The van der Waals surface area contributed by atoms with Gasteiger partial charge in [0.15, 0.2) is 0 Å². The van der Waals surface area contributed by atoms with Crippen molar-refractivity contribution in [2.75, 3.05) is 6.26 Å². The van der Waals surface area contributed by atoms with Crippen molar-refractivity contribution in [2.24, 2.45) is 0 Å². The van der Waals surface area contributed by atoms with E-state index in [2.05, 4.69) is 6.26 Å². The number of hydrogen-bond donors (Lipinski definition) is 0. The van der Waals surface area contributed by atoms with E-state index in [1.165, 1.54) is 0 Å². The highest BCUT2D eigenvalue weighted by Crippen LogP contribution is 2.31. The molecule has 0 saturated heterocycles. The van der Waals surface area contributed by atoms with Crippen LogP contribution in [0.2, 0.25) is 0 Å². The van der Waals surface area contributed by atoms with E-state index in [0.29, 0.717) is 0 Å². The number of hydrogen-bond acceptors (Lipinski definition) is 3. The molecule has 0 aliphatic heterocycles. The van der Waals surface area contributed by atoms with Gasteiger partial charge in [-0.1, -0.05) is 0 Å². The summed E-state index contributed by atoms with van der Waals surface area (Å²) in [6.45, 7) is 12.3. The lowest BCUT2D eigenvalue weighted by Gasteiger charge is -2.25. The van der Waals surface area contributed by atoms with Crippen LogP contribution in [0.15, 0.2) is 23.1 Å². The van der Waals surface area contributed by atoms with Gasteiger partial charge in [0, 0.05) is 11.0 Å². The maximum absolute atomic E-state index is 5.91. The van der Waals surface area contributed by atoms with E-state index in [0.717, 1.165) is 16.4 Å². The summed E-state index contributed by atoms with van der Waals surface area (Å²) in [5.74, 6) is 1.71. The van der Waals surface area contributed by atoms with E-state index in [1.54, 1.807) is 11.8 Å². The van der Waals surface area contributed by atoms with E-state index in [-0.39, 0.29) is 11.2 Å². The van der Waals surface area contributed by atoms with Crippen LogP contribution in [0.1, 0.15) is 41.5 Å². The van der Waals surface area contributed by atoms with Gasteiger partial charge in [-0.25, -0.2) is 0 Å². The van der Waals surface area contributed by atoms with E-state index in [4.69, 9.17) is 9.47 Å². The molecule has 0 aliphatic carbocycles. The molecule has 0 aliphatic rings. The Morgan fingerprint density at radius 3 is 1.44 bits per heavy atom. The van der Waals surface area contributed by atoms with Gasteiger partial charge in [0.2, 0.25) is 0 Å². The van der Waals surface area contributed by atoms with Crippen molar-refractivity contribution in [1.29, 1.82) is 0 Å². The molecule has 0 heterocycles. The lowest BCUT2D eigenvalue weighted by atomic mass is 10.2. The molecule has 102 valence electrons. The molecule has 0 bridgehead atoms. The van der Waals surface area contributed by atoms with Crippen LogP contribution in [0.5, 0.6) is 11.5 Å². The lowest BCUT2D eigenvalue weighted by molar-refractivity contribution is 0.120. The summed E-state index contributed by atoms with van der Waals surface area (Å²) < 4.78 is 11.8. The van der Waals surface area contributed by atoms with Crippen LogP contribution < -0.4 is 9.47 Å². The standard InChI is InChI=1S/C15H24O2S/c1-14(2,3)16-11-8-12(17-15(4,5)6)10-13(9-11)18-7/h8-10H,1-7H3. The highest BCUT2D eigenvalue weighted by atomic mass is 32.2. The molecule has 0 N–H and O–H groups in total. The third-order valence-electron chi connectivity index (χ3n) is 1.94. The van der Waals surface area contributed by atoms with E-state index in [9.17, 15) is 0 Å². The van der Waals surface area contributed by atoms with E-state index in [1.807, 2.05) is 59.7 Å². The fraction of sp³-hybridized carbons (Fsp3) is 0.600. The first kappa shape index (κ1) is 15.2. The van der Waals surface area contributed by atoms with Crippen LogP contribution in [0, 0.1) is 0 Å². The Bertz CT molecular complexity index is 366. The molecule has 1 aromatic rings. The smallest absolute Gasteiger partial charge is 0.124 e. The highest BCUT2D eigenvalue weighted by Gasteiger charge is 2.16. The molecule has 0 amide bonds. The second-order valence-corrected chi connectivity index (χ2v) is 7.15. The average Bonchev–Trinajstić information content (AvgIpc) is 2.11. The highest BCUT2D eigenvalue weighted by molar-refractivity contribution is 7.98. The Morgan fingerprint density at radius 2 is 1.17 bits per heavy atom. The number of thioether (sulfide) groups is 1. The van der Waals surface area contributed by atoms with E-state index >= 15 is 0 Å². The molecule has 18 heavy (non-hydrogen) atoms. The Labute approximate surface area is 115 Å². The molecule has 0 unspecified atom stereocenters. The summed E-state index contributed by atoms with van der Waals surface area (Å²) in [7, 11) is 0. The molecule has 0 saturated carbocycles. The van der Waals surface area contributed by atoms with Gasteiger partial charge in [-0.05, 0) is 59.9 Å². The van der Waals surface area contributed by atoms with Crippen molar-refractivity contribution in [3.63, 3.8) is 0 Å². The monoisotopic (exact) mass is 268 g/mol. The van der Waals surface area contributed by atoms with Crippen molar-refractivity contribution in [3.8, 4) is 11.5 Å². The van der Waals surface area contributed by atoms with Crippen LogP contribution in [0.25, 0.3) is 0 Å². The normalized spacial score (nSPS) is 12.4. The third kappa shape index (κ3) is 5.67. The minimum absolute atomic E-state index is 0.198. The van der Waals surface area contributed by atoms with Crippen LogP contribution in [0.3, 0.4) is 0 Å². The predicted octanol–water partition coefficient (Wildman–Crippen LogP) is 4.76. The van der Waals surface area contributed by atoms with Gasteiger partial charge in [0.25, 0.3) is 0 Å². The number of rotatable bonds is 3. The van der Waals surface area contributed by atoms with Crippen molar-refractivity contribution in [1.82, 2.24) is 0 Å². The zero-order valence-electron chi connectivity index (χ0n) is 12.5. The molecule has 0 fully saturated rings. The first-order chi connectivity index (χ1) is 8.09. The van der Waals surface area contributed by atoms with E-state index < -0.39 is 0 Å². The molecule has 0 spiro atoms. The maximum atomic E-state index is 5.91. The van der Waals surface area contributed by atoms with Crippen LogP contribution >= 0.6 is 11.8 Å². The summed E-state index contributed by atoms with van der Waals surface area (Å²) in [6, 6.07) is 6.05. The van der Waals surface area contributed by atoms with Gasteiger partial charge >= 0.3 is 0 Å². The zero-order valence-corrected chi connectivity index (χ0v) is 13.3. The van der Waals surface area contributed by atoms with Crippen LogP contribution in [-0.2, 0) is 0 Å². The van der Waals surface area contributed by atoms with Gasteiger partial charge in [0.1, 0.15) is 22.7 Å². The molecular formula is C15H24O2S. The van der Waals surface area contributed by atoms with Crippen molar-refractivity contribution >= 4 is 11.8 Å². The van der Waals surface area contributed by atoms with Crippen molar-refractivity contribution in [2.45, 2.75) is 57.6 Å². The SMILES string of the molecule is CSc1cc(OC(C)(C)C)cc(OC(C)(C)C)c1. The molecule has 3 heteroatoms. The third-order valence-corrected chi connectivity index (χ3v) is 2.64. The first-order valence-corrected chi connectivity index (χ1v) is 7.39. The summed E-state index contributed by atoms with van der Waals surface area (Å²) in [4.78, 5) is 1.15. The van der Waals surface area contributed by atoms with Crippen LogP contribution in [-0.4, -0.2) is 17.5 Å². The molecule has 0 aromatic heterocycles. The second kappa shape index (κ2) is 5.43. The quantitative estimate of drug-likeness (QED) is 0.736. The molecule has 0 atom stereocenters. The minimum Gasteiger partial charge on any atom is -0.488 e. The molecule has 0 radical (unpaired) electrons. The van der Waals surface area contributed by atoms with Gasteiger partial charge in [-0.3, -0.25) is 0 Å². The number of benzene rings is 1. The van der Waals surface area contributed by atoms with Gasteiger partial charge in [-0.2, -0.15) is 0 Å². The summed E-state index contributed by atoms with van der Waals surface area (Å²) in [5, 5.41) is 0. The topological polar surface area (TPSA) is 18.5 Å². The summed E-state index contributed by atoms with van der Waals surface area (Å²) in [5.41, 5.74) is -0.397. The van der Waals surface area contributed by atoms with Crippen molar-refractivity contribution in [3.05, 3.63) is 18.2 Å². The first-order valence-electron chi connectivity index (χ1n) is 6.16. The Balaban J connectivity index is 3.02. The van der Waals surface area contributed by atoms with Gasteiger partial charge in [-0.15, -0.1) is 11.8 Å². The average molecular weight is 268 g/mol. The molecule has 2 nitrogen and oxygen atoms in total. The predicted molar refractivity (Wildman–Crippen MR) is 79.0 cm³/mol. The Hall–Kier alpha value is -0.830. The second-order valence-electron chi connectivity index (χ2n) is 6.27. The minimum atomic E-state index is -0.198. The number of ether oxygens (including phenoxy) is 2. The molecule has 1 aromatic carbocycles. The Morgan fingerprint density at radius 1 is 0.778 bits per heavy atom. The summed E-state index contributed by atoms with van der Waals surface area (Å²) in [6.07, 6.45) is 2.05. The van der Waals surface area contributed by atoms with Crippen LogP contribution in [0.4, 0.5) is 0 Å². The summed E-state index contributed by atoms with van der Waals surface area (Å²) >= 11 is 1.69. The molecular weight excluding hydrogens is 244 g/mol. The van der Waals surface area contributed by atoms with Gasteiger partial charge in [0.05, 0.1) is 0 Å². The fourth-order valence-electron chi connectivity index (χ4n) is 1.49. The maximum Gasteiger partial charge on any atom is 0.124 e. The largest absolute Gasteiger partial charge is 0.488 e. The Kier molecular flexibility index (Phi) is 4.60. The van der Waals surface area contributed by atoms with Gasteiger partial charge < -0.3 is 9.47 Å². The fourth-order valence-corrected chi connectivity index (χ4v) is 1.96. The van der Waals surface area contributed by atoms with Crippen molar-refractivity contribution < 1.29 is 9.47 Å². The zero-order chi connectivity index (χ0) is 14.0. The molecule has 1 rings (SSSR count).